The van der Waals surface area contributed by atoms with Gasteiger partial charge in [-0.15, -0.1) is 0 Å². The SMILES string of the molecule is CCOC(=O)c1ccc(NC(=O)CN2CCN(Cc3ccccc3Cl)CC2)cc1. The van der Waals surface area contributed by atoms with Crippen LogP contribution < -0.4 is 5.32 Å². The largest absolute Gasteiger partial charge is 0.462 e. The first-order valence-corrected chi connectivity index (χ1v) is 10.2. The van der Waals surface area contributed by atoms with Crippen LogP contribution in [0.1, 0.15) is 22.8 Å². The Kier molecular flexibility index (Phi) is 7.63. The number of nitrogens with zero attached hydrogens (tertiary/aromatic N) is 2. The smallest absolute Gasteiger partial charge is 0.338 e. The van der Waals surface area contributed by atoms with Crippen molar-refractivity contribution in [3.63, 3.8) is 0 Å². The Morgan fingerprint density at radius 3 is 2.31 bits per heavy atom. The van der Waals surface area contributed by atoms with Crippen molar-refractivity contribution < 1.29 is 14.3 Å². The molecule has 0 spiro atoms. The predicted octanol–water partition coefficient (Wildman–Crippen LogP) is 3.27. The van der Waals surface area contributed by atoms with Crippen LogP contribution in [-0.4, -0.2) is 61.0 Å². The molecule has 0 atom stereocenters. The summed E-state index contributed by atoms with van der Waals surface area (Å²) in [7, 11) is 0. The number of benzene rings is 2. The lowest BCUT2D eigenvalue weighted by atomic mass is 10.2. The van der Waals surface area contributed by atoms with Crippen LogP contribution in [-0.2, 0) is 16.1 Å². The zero-order chi connectivity index (χ0) is 20.6. The third-order valence-corrected chi connectivity index (χ3v) is 5.23. The third kappa shape index (κ3) is 6.29. The number of carbonyl (C=O) groups excluding carboxylic acids is 2. The first-order valence-electron chi connectivity index (χ1n) is 9.80. The number of carbonyl (C=O) groups is 2. The highest BCUT2D eigenvalue weighted by Crippen LogP contribution is 2.18. The maximum absolute atomic E-state index is 12.3. The molecule has 1 heterocycles. The van der Waals surface area contributed by atoms with E-state index >= 15 is 0 Å². The van der Waals surface area contributed by atoms with Crippen molar-refractivity contribution in [2.24, 2.45) is 0 Å². The highest BCUT2D eigenvalue weighted by Gasteiger charge is 2.19. The fraction of sp³-hybridized carbons (Fsp3) is 0.364. The van der Waals surface area contributed by atoms with Crippen LogP contribution in [0.15, 0.2) is 48.5 Å². The molecule has 1 amide bonds. The van der Waals surface area contributed by atoms with E-state index in [1.807, 2.05) is 18.2 Å². The number of anilines is 1. The number of esters is 1. The van der Waals surface area contributed by atoms with Gasteiger partial charge < -0.3 is 10.1 Å². The number of nitrogens with one attached hydrogen (secondary N) is 1. The Morgan fingerprint density at radius 1 is 1.00 bits per heavy atom. The van der Waals surface area contributed by atoms with E-state index in [-0.39, 0.29) is 11.9 Å². The van der Waals surface area contributed by atoms with E-state index in [0.717, 1.165) is 43.3 Å². The standard InChI is InChI=1S/C22H26ClN3O3/c1-2-29-22(28)17-7-9-19(10-8-17)24-21(27)16-26-13-11-25(12-14-26)15-18-5-3-4-6-20(18)23/h3-10H,2,11-16H2,1H3,(H,24,27). The van der Waals surface area contributed by atoms with Crippen LogP contribution >= 0.6 is 11.6 Å². The van der Waals surface area contributed by atoms with E-state index in [0.29, 0.717) is 24.4 Å². The van der Waals surface area contributed by atoms with Gasteiger partial charge >= 0.3 is 5.97 Å². The molecule has 0 saturated carbocycles. The molecule has 1 N–H and O–H groups in total. The molecular formula is C22H26ClN3O3. The van der Waals surface area contributed by atoms with Crippen LogP contribution in [0.4, 0.5) is 5.69 Å². The van der Waals surface area contributed by atoms with Gasteiger partial charge in [-0.3, -0.25) is 14.6 Å². The molecule has 3 rings (SSSR count). The van der Waals surface area contributed by atoms with Gasteiger partial charge in [0.15, 0.2) is 0 Å². The Hall–Kier alpha value is -2.41. The van der Waals surface area contributed by atoms with Crippen molar-refractivity contribution >= 4 is 29.2 Å². The molecule has 0 radical (unpaired) electrons. The summed E-state index contributed by atoms with van der Waals surface area (Å²) in [6, 6.07) is 14.6. The van der Waals surface area contributed by atoms with Gasteiger partial charge in [0.05, 0.1) is 18.7 Å². The predicted molar refractivity (Wildman–Crippen MR) is 114 cm³/mol. The first kappa shape index (κ1) is 21.3. The topological polar surface area (TPSA) is 61.9 Å². The van der Waals surface area contributed by atoms with E-state index in [9.17, 15) is 9.59 Å². The summed E-state index contributed by atoms with van der Waals surface area (Å²) in [5, 5.41) is 3.68. The molecule has 0 aliphatic carbocycles. The molecule has 0 bridgehead atoms. The number of amides is 1. The van der Waals surface area contributed by atoms with Crippen molar-refractivity contribution in [3.05, 3.63) is 64.7 Å². The highest BCUT2D eigenvalue weighted by atomic mass is 35.5. The van der Waals surface area contributed by atoms with Crippen LogP contribution in [0.2, 0.25) is 5.02 Å². The van der Waals surface area contributed by atoms with Gasteiger partial charge in [-0.2, -0.15) is 0 Å². The molecule has 0 unspecified atom stereocenters. The molecule has 0 aromatic heterocycles. The van der Waals surface area contributed by atoms with Crippen LogP contribution in [0, 0.1) is 0 Å². The van der Waals surface area contributed by atoms with Crippen molar-refractivity contribution in [2.75, 3.05) is 44.6 Å². The minimum Gasteiger partial charge on any atom is -0.462 e. The second-order valence-electron chi connectivity index (χ2n) is 6.99. The zero-order valence-electron chi connectivity index (χ0n) is 16.6. The Bertz CT molecular complexity index is 833. The molecule has 2 aromatic rings. The Labute approximate surface area is 176 Å². The van der Waals surface area contributed by atoms with Gasteiger partial charge in [-0.25, -0.2) is 4.79 Å². The lowest BCUT2D eigenvalue weighted by Crippen LogP contribution is -2.48. The van der Waals surface area contributed by atoms with E-state index < -0.39 is 0 Å². The van der Waals surface area contributed by atoms with Gasteiger partial charge in [-0.1, -0.05) is 29.8 Å². The summed E-state index contributed by atoms with van der Waals surface area (Å²) < 4.78 is 4.96. The average molecular weight is 416 g/mol. The number of hydrogen-bond acceptors (Lipinski definition) is 5. The molecule has 1 saturated heterocycles. The second kappa shape index (κ2) is 10.4. The average Bonchev–Trinajstić information content (AvgIpc) is 2.72. The van der Waals surface area contributed by atoms with Crippen molar-refractivity contribution in [1.29, 1.82) is 0 Å². The number of ether oxygens (including phenoxy) is 1. The molecule has 1 aliphatic rings. The van der Waals surface area contributed by atoms with E-state index in [1.165, 1.54) is 0 Å². The van der Waals surface area contributed by atoms with Crippen LogP contribution in [0.25, 0.3) is 0 Å². The second-order valence-corrected chi connectivity index (χ2v) is 7.40. The van der Waals surface area contributed by atoms with Gasteiger partial charge in [0.2, 0.25) is 5.91 Å². The number of halogens is 1. The summed E-state index contributed by atoms with van der Waals surface area (Å²) >= 11 is 6.25. The monoisotopic (exact) mass is 415 g/mol. The Balaban J connectivity index is 1.43. The van der Waals surface area contributed by atoms with Gasteiger partial charge in [0, 0.05) is 43.4 Å². The molecule has 7 heteroatoms. The van der Waals surface area contributed by atoms with Gasteiger partial charge in [-0.05, 0) is 42.8 Å². The lowest BCUT2D eigenvalue weighted by molar-refractivity contribution is -0.117. The summed E-state index contributed by atoms with van der Waals surface area (Å²) in [6.07, 6.45) is 0. The highest BCUT2D eigenvalue weighted by molar-refractivity contribution is 6.31. The lowest BCUT2D eigenvalue weighted by Gasteiger charge is -2.34. The summed E-state index contributed by atoms with van der Waals surface area (Å²) in [5.74, 6) is -0.423. The van der Waals surface area contributed by atoms with Crippen molar-refractivity contribution in [1.82, 2.24) is 9.80 Å². The van der Waals surface area contributed by atoms with Gasteiger partial charge in [0.1, 0.15) is 0 Å². The number of hydrogen-bond donors (Lipinski definition) is 1. The Morgan fingerprint density at radius 2 is 1.66 bits per heavy atom. The normalized spacial score (nSPS) is 15.1. The number of piperazine rings is 1. The molecule has 1 aliphatic heterocycles. The fourth-order valence-corrected chi connectivity index (χ4v) is 3.48. The quantitative estimate of drug-likeness (QED) is 0.703. The van der Waals surface area contributed by atoms with Crippen LogP contribution in [0.5, 0.6) is 0 Å². The van der Waals surface area contributed by atoms with Crippen LogP contribution in [0.3, 0.4) is 0 Å². The molecular weight excluding hydrogens is 390 g/mol. The minimum absolute atomic E-state index is 0.0616. The van der Waals surface area contributed by atoms with E-state index in [4.69, 9.17) is 16.3 Å². The van der Waals surface area contributed by atoms with Gasteiger partial charge in [0.25, 0.3) is 0 Å². The summed E-state index contributed by atoms with van der Waals surface area (Å²) in [5.41, 5.74) is 2.27. The summed E-state index contributed by atoms with van der Waals surface area (Å²) in [6.45, 7) is 6.73. The zero-order valence-corrected chi connectivity index (χ0v) is 17.3. The molecule has 6 nitrogen and oxygen atoms in total. The maximum Gasteiger partial charge on any atom is 0.338 e. The van der Waals surface area contributed by atoms with Crippen molar-refractivity contribution in [2.45, 2.75) is 13.5 Å². The first-order chi connectivity index (χ1) is 14.0. The van der Waals surface area contributed by atoms with Crippen molar-refractivity contribution in [3.8, 4) is 0 Å². The fourth-order valence-electron chi connectivity index (χ4n) is 3.28. The molecule has 29 heavy (non-hydrogen) atoms. The minimum atomic E-state index is -0.361. The summed E-state index contributed by atoms with van der Waals surface area (Å²) in [4.78, 5) is 28.5. The van der Waals surface area contributed by atoms with E-state index in [2.05, 4.69) is 21.2 Å². The molecule has 2 aromatic carbocycles. The third-order valence-electron chi connectivity index (χ3n) is 4.86. The molecule has 154 valence electrons. The van der Waals surface area contributed by atoms with E-state index in [1.54, 1.807) is 31.2 Å². The maximum atomic E-state index is 12.3. The molecule has 1 fully saturated rings. The number of rotatable bonds is 7.